The van der Waals surface area contributed by atoms with Crippen LogP contribution >= 0.6 is 11.6 Å². The molecule has 0 bridgehead atoms. The zero-order valence-corrected chi connectivity index (χ0v) is 20.1. The number of piperidine rings is 1. The number of anilines is 2. The van der Waals surface area contributed by atoms with Gasteiger partial charge in [0.25, 0.3) is 0 Å². The number of pyridine rings is 1. The molecule has 1 saturated heterocycles. The summed E-state index contributed by atoms with van der Waals surface area (Å²) in [6.07, 6.45) is 12.7. The number of nitrogens with one attached hydrogen (secondary N) is 1. The summed E-state index contributed by atoms with van der Waals surface area (Å²) in [5, 5.41) is 3.47. The van der Waals surface area contributed by atoms with Gasteiger partial charge in [-0.05, 0) is 67.9 Å². The lowest BCUT2D eigenvalue weighted by Gasteiger charge is -2.32. The predicted octanol–water partition coefficient (Wildman–Crippen LogP) is 5.39. The van der Waals surface area contributed by atoms with E-state index in [2.05, 4.69) is 31.2 Å². The standard InChI is InChI=1S/C25H34ClN5O/c1-25(2,3)23(32)30-22-8-7-17(14-27-22)5-4-6-19-13-21(19)18-9-11-31(12-10-18)24-28-15-20(26)16-29-24/h7-8,14-16,18-19,21H,4-6,9-13H2,1-3H3,(H,27,30,32)/t19?,21-/m1/s1. The molecule has 1 saturated carbocycles. The van der Waals surface area contributed by atoms with Gasteiger partial charge in [0, 0.05) is 24.7 Å². The first kappa shape index (κ1) is 23.0. The van der Waals surface area contributed by atoms with Crippen molar-refractivity contribution >= 4 is 29.3 Å². The third-order valence-corrected chi connectivity index (χ3v) is 7.00. The minimum atomic E-state index is -0.415. The minimum absolute atomic E-state index is 0.0101. The summed E-state index contributed by atoms with van der Waals surface area (Å²) < 4.78 is 0. The highest BCUT2D eigenvalue weighted by Crippen LogP contribution is 2.50. The van der Waals surface area contributed by atoms with E-state index in [1.54, 1.807) is 12.4 Å². The van der Waals surface area contributed by atoms with Crippen LogP contribution in [0, 0.1) is 23.2 Å². The Hall–Kier alpha value is -2.21. The van der Waals surface area contributed by atoms with Crippen LogP contribution in [0.2, 0.25) is 5.02 Å². The van der Waals surface area contributed by atoms with Crippen molar-refractivity contribution in [1.82, 2.24) is 15.0 Å². The first-order valence-electron chi connectivity index (χ1n) is 11.8. The van der Waals surface area contributed by atoms with Crippen molar-refractivity contribution in [3.8, 4) is 0 Å². The maximum Gasteiger partial charge on any atom is 0.230 e. The Bertz CT molecular complexity index is 901. The number of hydrogen-bond acceptors (Lipinski definition) is 5. The third-order valence-electron chi connectivity index (χ3n) is 6.80. The van der Waals surface area contributed by atoms with E-state index in [-0.39, 0.29) is 5.91 Å². The number of carbonyl (C=O) groups excluding carboxylic acids is 1. The van der Waals surface area contributed by atoms with Gasteiger partial charge in [0.1, 0.15) is 5.82 Å². The summed E-state index contributed by atoms with van der Waals surface area (Å²) in [5.74, 6) is 4.05. The van der Waals surface area contributed by atoms with Gasteiger partial charge >= 0.3 is 0 Å². The largest absolute Gasteiger partial charge is 0.341 e. The van der Waals surface area contributed by atoms with Gasteiger partial charge in [0.05, 0.1) is 17.4 Å². The van der Waals surface area contributed by atoms with Crippen LogP contribution in [0.4, 0.5) is 11.8 Å². The van der Waals surface area contributed by atoms with Crippen molar-refractivity contribution in [2.75, 3.05) is 23.3 Å². The summed E-state index contributed by atoms with van der Waals surface area (Å²) in [6, 6.07) is 4.00. The molecule has 0 aromatic carbocycles. The van der Waals surface area contributed by atoms with Crippen molar-refractivity contribution in [3.63, 3.8) is 0 Å². The van der Waals surface area contributed by atoms with Gasteiger partial charge < -0.3 is 10.2 Å². The molecule has 7 heteroatoms. The van der Waals surface area contributed by atoms with Crippen LogP contribution in [0.5, 0.6) is 0 Å². The van der Waals surface area contributed by atoms with E-state index in [0.29, 0.717) is 10.8 Å². The van der Waals surface area contributed by atoms with Crippen molar-refractivity contribution in [3.05, 3.63) is 41.3 Å². The summed E-state index contributed by atoms with van der Waals surface area (Å²) in [4.78, 5) is 27.5. The van der Waals surface area contributed by atoms with Crippen LogP contribution in [0.25, 0.3) is 0 Å². The molecule has 172 valence electrons. The monoisotopic (exact) mass is 455 g/mol. The topological polar surface area (TPSA) is 71.0 Å². The van der Waals surface area contributed by atoms with Crippen LogP contribution < -0.4 is 10.2 Å². The molecular formula is C25H34ClN5O. The molecule has 2 fully saturated rings. The molecular weight excluding hydrogens is 422 g/mol. The molecule has 3 heterocycles. The number of rotatable bonds is 7. The highest BCUT2D eigenvalue weighted by molar-refractivity contribution is 6.30. The molecule has 32 heavy (non-hydrogen) atoms. The van der Waals surface area contributed by atoms with Gasteiger partial charge in [-0.1, -0.05) is 38.4 Å². The Labute approximate surface area is 196 Å². The van der Waals surface area contributed by atoms with Crippen LogP contribution in [0.15, 0.2) is 30.7 Å². The highest BCUT2D eigenvalue weighted by Gasteiger charge is 2.42. The van der Waals surface area contributed by atoms with Crippen LogP contribution in [0.3, 0.4) is 0 Å². The molecule has 1 unspecified atom stereocenters. The maximum atomic E-state index is 12.1. The Balaban J connectivity index is 1.15. The van der Waals surface area contributed by atoms with Gasteiger partial charge in [0.15, 0.2) is 0 Å². The SMILES string of the molecule is CC(C)(C)C(=O)Nc1ccc(CCCC2C[C@@H]2C2CCN(c3ncc(Cl)cn3)CC2)cn1. The number of halogens is 1. The molecule has 6 nitrogen and oxygen atoms in total. The van der Waals surface area contributed by atoms with E-state index in [1.807, 2.05) is 33.0 Å². The highest BCUT2D eigenvalue weighted by atomic mass is 35.5. The van der Waals surface area contributed by atoms with Crippen molar-refractivity contribution in [2.24, 2.45) is 23.2 Å². The average Bonchev–Trinajstić information content (AvgIpc) is 3.54. The van der Waals surface area contributed by atoms with Crippen molar-refractivity contribution in [2.45, 2.75) is 59.3 Å². The second-order valence-electron chi connectivity index (χ2n) is 10.3. The number of carbonyl (C=O) groups is 1. The zero-order chi connectivity index (χ0) is 22.7. The Kier molecular flexibility index (Phi) is 6.99. The Morgan fingerprint density at radius 2 is 1.84 bits per heavy atom. The minimum Gasteiger partial charge on any atom is -0.341 e. The number of hydrogen-bond donors (Lipinski definition) is 1. The zero-order valence-electron chi connectivity index (χ0n) is 19.4. The summed E-state index contributed by atoms with van der Waals surface area (Å²) in [6.45, 7) is 7.79. The smallest absolute Gasteiger partial charge is 0.230 e. The molecule has 1 aliphatic carbocycles. The number of aryl methyl sites for hydroxylation is 1. The molecule has 1 aliphatic heterocycles. The lowest BCUT2D eigenvalue weighted by Crippen LogP contribution is -2.35. The molecule has 2 atom stereocenters. The normalized spacial score (nSPS) is 21.4. The Morgan fingerprint density at radius 3 is 2.47 bits per heavy atom. The molecule has 4 rings (SSSR count). The molecule has 2 aliphatic rings. The molecule has 2 aromatic rings. The quantitative estimate of drug-likeness (QED) is 0.606. The summed E-state index contributed by atoms with van der Waals surface area (Å²) in [7, 11) is 0. The van der Waals surface area contributed by atoms with E-state index in [9.17, 15) is 4.79 Å². The first-order valence-corrected chi connectivity index (χ1v) is 12.2. The van der Waals surface area contributed by atoms with Gasteiger partial charge in [-0.2, -0.15) is 0 Å². The lowest BCUT2D eigenvalue weighted by atomic mass is 9.90. The number of aromatic nitrogens is 3. The molecule has 1 N–H and O–H groups in total. The van der Waals surface area contributed by atoms with Gasteiger partial charge in [0.2, 0.25) is 11.9 Å². The number of amides is 1. The predicted molar refractivity (Wildman–Crippen MR) is 129 cm³/mol. The molecule has 2 aromatic heterocycles. The first-order chi connectivity index (χ1) is 15.3. The van der Waals surface area contributed by atoms with Crippen LogP contribution in [-0.2, 0) is 11.2 Å². The fourth-order valence-corrected chi connectivity index (χ4v) is 4.79. The summed E-state index contributed by atoms with van der Waals surface area (Å²) >= 11 is 5.90. The third kappa shape index (κ3) is 5.97. The van der Waals surface area contributed by atoms with E-state index >= 15 is 0 Å². The van der Waals surface area contributed by atoms with Crippen molar-refractivity contribution in [1.29, 1.82) is 0 Å². The van der Waals surface area contributed by atoms with Gasteiger partial charge in [-0.3, -0.25) is 4.79 Å². The van der Waals surface area contributed by atoms with Crippen LogP contribution in [0.1, 0.15) is 58.4 Å². The van der Waals surface area contributed by atoms with E-state index in [1.165, 1.54) is 37.7 Å². The fraction of sp³-hybridized carbons (Fsp3) is 0.600. The molecule has 1 amide bonds. The second kappa shape index (κ2) is 9.74. The number of nitrogens with zero attached hydrogens (tertiary/aromatic N) is 4. The Morgan fingerprint density at radius 1 is 1.12 bits per heavy atom. The van der Waals surface area contributed by atoms with Gasteiger partial charge in [-0.15, -0.1) is 0 Å². The molecule has 0 spiro atoms. The van der Waals surface area contributed by atoms with Crippen molar-refractivity contribution < 1.29 is 4.79 Å². The van der Waals surface area contributed by atoms with Crippen LogP contribution in [-0.4, -0.2) is 33.9 Å². The molecule has 0 radical (unpaired) electrons. The van der Waals surface area contributed by atoms with E-state index in [4.69, 9.17) is 11.6 Å². The van der Waals surface area contributed by atoms with E-state index < -0.39 is 5.41 Å². The average molecular weight is 456 g/mol. The fourth-order valence-electron chi connectivity index (χ4n) is 4.70. The second-order valence-corrected chi connectivity index (χ2v) is 10.8. The van der Waals surface area contributed by atoms with Gasteiger partial charge in [-0.25, -0.2) is 15.0 Å². The lowest BCUT2D eigenvalue weighted by molar-refractivity contribution is -0.123. The maximum absolute atomic E-state index is 12.1. The van der Waals surface area contributed by atoms with E-state index in [0.717, 1.165) is 43.2 Å². The summed E-state index contributed by atoms with van der Waals surface area (Å²) in [5.41, 5.74) is 0.828.